The predicted octanol–water partition coefficient (Wildman–Crippen LogP) is 5.38. The molecular formula is C21H18F2N4O. The average molecular weight is 380 g/mol. The van der Waals surface area contributed by atoms with Crippen molar-refractivity contribution in [2.75, 3.05) is 0 Å². The van der Waals surface area contributed by atoms with Gasteiger partial charge in [0.1, 0.15) is 11.5 Å². The van der Waals surface area contributed by atoms with Crippen LogP contribution in [0.3, 0.4) is 0 Å². The summed E-state index contributed by atoms with van der Waals surface area (Å²) in [6, 6.07) is 7.71. The van der Waals surface area contributed by atoms with Gasteiger partial charge >= 0.3 is 0 Å². The largest absolute Gasteiger partial charge is 0.443 e. The van der Waals surface area contributed by atoms with Crippen molar-refractivity contribution >= 4 is 5.65 Å². The van der Waals surface area contributed by atoms with E-state index in [0.717, 1.165) is 30.4 Å². The van der Waals surface area contributed by atoms with Crippen LogP contribution < -0.4 is 0 Å². The van der Waals surface area contributed by atoms with Crippen LogP contribution in [-0.4, -0.2) is 19.6 Å². The summed E-state index contributed by atoms with van der Waals surface area (Å²) in [5, 5.41) is 8.68. The lowest BCUT2D eigenvalue weighted by atomic mass is 9.89. The van der Waals surface area contributed by atoms with E-state index in [1.807, 2.05) is 22.7 Å². The highest BCUT2D eigenvalue weighted by Crippen LogP contribution is 2.35. The van der Waals surface area contributed by atoms with Crippen LogP contribution >= 0.6 is 0 Å². The quantitative estimate of drug-likeness (QED) is 0.479. The van der Waals surface area contributed by atoms with Crippen molar-refractivity contribution < 1.29 is 13.2 Å². The second-order valence-corrected chi connectivity index (χ2v) is 7.17. The van der Waals surface area contributed by atoms with E-state index in [-0.39, 0.29) is 11.3 Å². The van der Waals surface area contributed by atoms with E-state index in [4.69, 9.17) is 4.42 Å². The zero-order valence-electron chi connectivity index (χ0n) is 15.1. The molecule has 1 aliphatic rings. The smallest absolute Gasteiger partial charge is 0.182 e. The molecule has 1 fully saturated rings. The minimum absolute atomic E-state index is 0.0695. The molecular weight excluding hydrogens is 362 g/mol. The van der Waals surface area contributed by atoms with Gasteiger partial charge in [0.25, 0.3) is 0 Å². The molecule has 0 spiro atoms. The lowest BCUT2D eigenvalue weighted by Crippen LogP contribution is -2.08. The van der Waals surface area contributed by atoms with Gasteiger partial charge in [-0.1, -0.05) is 25.3 Å². The predicted molar refractivity (Wildman–Crippen MR) is 99.7 cm³/mol. The maximum absolute atomic E-state index is 14.3. The fourth-order valence-electron chi connectivity index (χ4n) is 4.01. The molecule has 1 saturated carbocycles. The van der Waals surface area contributed by atoms with E-state index in [1.165, 1.54) is 37.8 Å². The first-order valence-electron chi connectivity index (χ1n) is 9.45. The molecule has 0 bridgehead atoms. The topological polar surface area (TPSA) is 56.2 Å². The van der Waals surface area contributed by atoms with Crippen LogP contribution in [0.25, 0.3) is 28.2 Å². The Balaban J connectivity index is 1.61. The lowest BCUT2D eigenvalue weighted by molar-refractivity contribution is 0.426. The number of hydrogen-bond donors (Lipinski definition) is 0. The number of fused-ring (bicyclic) bond motifs is 1. The van der Waals surface area contributed by atoms with Crippen molar-refractivity contribution in [3.8, 4) is 22.6 Å². The second kappa shape index (κ2) is 6.82. The maximum atomic E-state index is 14.3. The Morgan fingerprint density at radius 1 is 1.00 bits per heavy atom. The van der Waals surface area contributed by atoms with Gasteiger partial charge in [0.15, 0.2) is 29.4 Å². The summed E-state index contributed by atoms with van der Waals surface area (Å²) < 4.78 is 35.5. The first-order valence-corrected chi connectivity index (χ1v) is 9.45. The van der Waals surface area contributed by atoms with E-state index in [1.54, 1.807) is 0 Å². The standard InChI is InChI=1S/C21H18F2N4O/c22-16-8-4-7-15(18(16)23)19-20(28-12-24-19)14-9-10-17-25-26-21(27(17)11-14)13-5-2-1-3-6-13/h4,7-13H,1-3,5-6H2. The molecule has 5 nitrogen and oxygen atoms in total. The molecule has 4 aromatic rings. The third-order valence-electron chi connectivity index (χ3n) is 5.44. The van der Waals surface area contributed by atoms with Gasteiger partial charge in [0.2, 0.25) is 0 Å². The number of aromatic nitrogens is 4. The van der Waals surface area contributed by atoms with Crippen molar-refractivity contribution in [2.45, 2.75) is 38.0 Å². The summed E-state index contributed by atoms with van der Waals surface area (Å²) >= 11 is 0. The van der Waals surface area contributed by atoms with E-state index in [9.17, 15) is 8.78 Å². The van der Waals surface area contributed by atoms with Crippen molar-refractivity contribution in [3.05, 3.63) is 60.4 Å². The SMILES string of the molecule is Fc1cccc(-c2ncoc2-c2ccc3nnc(C4CCCCC4)n3c2)c1F. The zero-order chi connectivity index (χ0) is 19.1. The summed E-state index contributed by atoms with van der Waals surface area (Å²) in [5.41, 5.74) is 1.80. The Morgan fingerprint density at radius 2 is 1.86 bits per heavy atom. The third kappa shape index (κ3) is 2.78. The summed E-state index contributed by atoms with van der Waals surface area (Å²) in [4.78, 5) is 4.13. The van der Waals surface area contributed by atoms with Crippen molar-refractivity contribution in [1.29, 1.82) is 0 Å². The molecule has 142 valence electrons. The van der Waals surface area contributed by atoms with E-state index in [0.29, 0.717) is 17.2 Å². The summed E-state index contributed by atoms with van der Waals surface area (Å²) in [6.07, 6.45) is 9.00. The Morgan fingerprint density at radius 3 is 2.71 bits per heavy atom. The Bertz CT molecular complexity index is 1140. The van der Waals surface area contributed by atoms with E-state index in [2.05, 4.69) is 15.2 Å². The highest BCUT2D eigenvalue weighted by molar-refractivity contribution is 5.77. The molecule has 0 unspecified atom stereocenters. The van der Waals surface area contributed by atoms with Crippen molar-refractivity contribution in [2.24, 2.45) is 0 Å². The number of oxazole rings is 1. The van der Waals surface area contributed by atoms with Crippen molar-refractivity contribution in [1.82, 2.24) is 19.6 Å². The number of benzene rings is 1. The van der Waals surface area contributed by atoms with Crippen LogP contribution in [0, 0.1) is 11.6 Å². The van der Waals surface area contributed by atoms with E-state index >= 15 is 0 Å². The fraction of sp³-hybridized carbons (Fsp3) is 0.286. The summed E-state index contributed by atoms with van der Waals surface area (Å²) in [5.74, 6) is -0.149. The minimum Gasteiger partial charge on any atom is -0.443 e. The fourth-order valence-corrected chi connectivity index (χ4v) is 4.01. The van der Waals surface area contributed by atoms with Crippen molar-refractivity contribution in [3.63, 3.8) is 0 Å². The number of pyridine rings is 1. The van der Waals surface area contributed by atoms with Crippen LogP contribution in [0.4, 0.5) is 8.78 Å². The molecule has 5 rings (SSSR count). The monoisotopic (exact) mass is 380 g/mol. The highest BCUT2D eigenvalue weighted by atomic mass is 19.2. The average Bonchev–Trinajstić information content (AvgIpc) is 3.37. The molecule has 1 aromatic carbocycles. The number of halogens is 2. The molecule has 3 aromatic heterocycles. The van der Waals surface area contributed by atoms with Crippen LogP contribution in [0.2, 0.25) is 0 Å². The number of hydrogen-bond acceptors (Lipinski definition) is 4. The van der Waals surface area contributed by atoms with Gasteiger partial charge in [-0.15, -0.1) is 10.2 Å². The van der Waals surface area contributed by atoms with Gasteiger partial charge in [-0.2, -0.15) is 0 Å². The molecule has 0 N–H and O–H groups in total. The van der Waals surface area contributed by atoms with E-state index < -0.39 is 11.6 Å². The van der Waals surface area contributed by atoms with Crippen LogP contribution in [0.5, 0.6) is 0 Å². The van der Waals surface area contributed by atoms with Crippen LogP contribution in [0.1, 0.15) is 43.8 Å². The Hall–Kier alpha value is -3.09. The van der Waals surface area contributed by atoms with Gasteiger partial charge in [-0.05, 0) is 37.1 Å². The molecule has 0 aliphatic heterocycles. The minimum atomic E-state index is -0.939. The summed E-state index contributed by atoms with van der Waals surface area (Å²) in [6.45, 7) is 0. The highest BCUT2D eigenvalue weighted by Gasteiger charge is 2.23. The molecule has 1 aliphatic carbocycles. The molecule has 0 amide bonds. The first kappa shape index (κ1) is 17.0. The van der Waals surface area contributed by atoms with Gasteiger partial charge < -0.3 is 4.42 Å². The zero-order valence-corrected chi connectivity index (χ0v) is 15.1. The normalized spacial score (nSPS) is 15.4. The molecule has 7 heteroatoms. The molecule has 3 heterocycles. The molecule has 0 atom stereocenters. The lowest BCUT2D eigenvalue weighted by Gasteiger charge is -2.19. The maximum Gasteiger partial charge on any atom is 0.182 e. The molecule has 0 radical (unpaired) electrons. The summed E-state index contributed by atoms with van der Waals surface area (Å²) in [7, 11) is 0. The van der Waals surface area contributed by atoms with Crippen LogP contribution in [0.15, 0.2) is 47.3 Å². The first-order chi connectivity index (χ1) is 13.7. The van der Waals surface area contributed by atoms with Gasteiger partial charge in [-0.25, -0.2) is 13.8 Å². The number of rotatable bonds is 3. The third-order valence-corrected chi connectivity index (χ3v) is 5.44. The number of nitrogens with zero attached hydrogens (tertiary/aromatic N) is 4. The Labute approximate surface area is 160 Å². The van der Waals surface area contributed by atoms with Crippen LogP contribution in [-0.2, 0) is 0 Å². The van der Waals surface area contributed by atoms with Gasteiger partial charge in [-0.3, -0.25) is 4.40 Å². The molecule has 28 heavy (non-hydrogen) atoms. The van der Waals surface area contributed by atoms with Gasteiger partial charge in [0, 0.05) is 23.2 Å². The van der Waals surface area contributed by atoms with Gasteiger partial charge in [0.05, 0.1) is 0 Å². The molecule has 0 saturated heterocycles. The Kier molecular flexibility index (Phi) is 4.15. The second-order valence-electron chi connectivity index (χ2n) is 7.17.